The summed E-state index contributed by atoms with van der Waals surface area (Å²) in [5.41, 5.74) is 0. The van der Waals surface area contributed by atoms with Crippen molar-refractivity contribution in [2.24, 2.45) is 7.05 Å². The molecule has 1 rings (SSSR count). The summed E-state index contributed by atoms with van der Waals surface area (Å²) in [7, 11) is 1.93. The molecule has 0 aliphatic carbocycles. The summed E-state index contributed by atoms with van der Waals surface area (Å²) in [6.45, 7) is 2.70. The molecule has 0 aliphatic rings. The molecule has 14 heavy (non-hydrogen) atoms. The summed E-state index contributed by atoms with van der Waals surface area (Å²) >= 11 is 0. The van der Waals surface area contributed by atoms with Crippen molar-refractivity contribution in [2.45, 2.75) is 19.8 Å². The zero-order chi connectivity index (χ0) is 10.4. The van der Waals surface area contributed by atoms with E-state index < -0.39 is 0 Å². The third kappa shape index (κ3) is 3.30. The van der Waals surface area contributed by atoms with Crippen LogP contribution in [0.1, 0.15) is 19.2 Å². The molecule has 0 atom stereocenters. The van der Waals surface area contributed by atoms with E-state index in [9.17, 15) is 4.79 Å². The van der Waals surface area contributed by atoms with Gasteiger partial charge in [0, 0.05) is 38.9 Å². The molecule has 0 aliphatic heterocycles. The van der Waals surface area contributed by atoms with Gasteiger partial charge in [-0.25, -0.2) is 4.98 Å². The first kappa shape index (κ1) is 10.9. The second kappa shape index (κ2) is 5.54. The number of hydrogen-bond acceptors (Lipinski definition) is 3. The van der Waals surface area contributed by atoms with Gasteiger partial charge in [-0.1, -0.05) is 0 Å². The number of aryl methyl sites for hydroxylation is 2. The smallest absolute Gasteiger partial charge is 0.158 e. The van der Waals surface area contributed by atoms with E-state index in [1.54, 1.807) is 6.20 Å². The third-order valence-electron chi connectivity index (χ3n) is 2.02. The first-order valence-corrected chi connectivity index (χ1v) is 4.79. The second-order valence-electron chi connectivity index (χ2n) is 3.13. The summed E-state index contributed by atoms with van der Waals surface area (Å²) in [4.78, 5) is 15.4. The molecule has 0 unspecified atom stereocenters. The molecular formula is C10H16N2O2. The molecule has 0 amide bonds. The fraction of sp³-hybridized carbons (Fsp3) is 0.600. The minimum Gasteiger partial charge on any atom is -0.374 e. The van der Waals surface area contributed by atoms with Crippen LogP contribution in [-0.2, 0) is 23.0 Å². The predicted molar refractivity (Wildman–Crippen MR) is 53.0 cm³/mol. The van der Waals surface area contributed by atoms with Crippen molar-refractivity contribution in [1.82, 2.24) is 9.55 Å². The number of hydrogen-bond donors (Lipinski definition) is 0. The Kier molecular flexibility index (Phi) is 4.32. The number of carbonyl (C=O) groups excluding carboxylic acids is 1. The minimum atomic E-state index is 0.134. The molecule has 1 aromatic heterocycles. The van der Waals surface area contributed by atoms with Crippen molar-refractivity contribution in [2.75, 3.05) is 13.2 Å². The summed E-state index contributed by atoms with van der Waals surface area (Å²) in [5.74, 6) is 1.07. The maximum atomic E-state index is 11.2. The van der Waals surface area contributed by atoms with Gasteiger partial charge in [0.1, 0.15) is 12.4 Å². The Bertz CT molecular complexity index is 294. The van der Waals surface area contributed by atoms with Crippen LogP contribution in [0.2, 0.25) is 0 Å². The number of aromatic nitrogens is 2. The Morgan fingerprint density at radius 3 is 3.00 bits per heavy atom. The summed E-state index contributed by atoms with van der Waals surface area (Å²) in [6.07, 6.45) is 4.81. The number of imidazole rings is 1. The number of Topliss-reactive ketones (excluding diaryl/α,β-unsaturated/α-hetero) is 1. The molecule has 4 nitrogen and oxygen atoms in total. The lowest BCUT2D eigenvalue weighted by atomic mass is 10.2. The number of ketones is 1. The molecule has 0 N–H and O–H groups in total. The Balaban J connectivity index is 2.27. The molecule has 78 valence electrons. The van der Waals surface area contributed by atoms with E-state index in [1.165, 1.54) is 0 Å². The second-order valence-corrected chi connectivity index (χ2v) is 3.13. The van der Waals surface area contributed by atoms with Crippen LogP contribution < -0.4 is 0 Å². The number of nitrogens with zero attached hydrogens (tertiary/aromatic N) is 2. The highest BCUT2D eigenvalue weighted by molar-refractivity contribution is 5.79. The molecular weight excluding hydrogens is 180 g/mol. The van der Waals surface area contributed by atoms with E-state index in [0.29, 0.717) is 19.4 Å². The largest absolute Gasteiger partial charge is 0.374 e. The van der Waals surface area contributed by atoms with E-state index in [-0.39, 0.29) is 12.4 Å². The van der Waals surface area contributed by atoms with Gasteiger partial charge in [0.25, 0.3) is 0 Å². The fourth-order valence-electron chi connectivity index (χ4n) is 1.18. The van der Waals surface area contributed by atoms with E-state index >= 15 is 0 Å². The van der Waals surface area contributed by atoms with E-state index in [1.807, 2.05) is 24.7 Å². The van der Waals surface area contributed by atoms with Gasteiger partial charge in [-0.05, 0) is 6.92 Å². The lowest BCUT2D eigenvalue weighted by Gasteiger charge is -2.01. The quantitative estimate of drug-likeness (QED) is 0.680. The Hall–Kier alpha value is -1.16. The molecule has 0 saturated heterocycles. The molecule has 4 heteroatoms. The molecule has 1 aromatic rings. The normalized spacial score (nSPS) is 10.4. The van der Waals surface area contributed by atoms with Gasteiger partial charge in [-0.15, -0.1) is 0 Å². The SMILES string of the molecule is CCOCC(=O)CCc1nccn1C. The van der Waals surface area contributed by atoms with Crippen LogP contribution in [0.5, 0.6) is 0 Å². The van der Waals surface area contributed by atoms with Crippen LogP contribution >= 0.6 is 0 Å². The molecule has 0 aromatic carbocycles. The Morgan fingerprint density at radius 2 is 2.43 bits per heavy atom. The van der Waals surface area contributed by atoms with Crippen molar-refractivity contribution in [3.63, 3.8) is 0 Å². The van der Waals surface area contributed by atoms with Gasteiger partial charge in [-0.2, -0.15) is 0 Å². The molecule has 0 bridgehead atoms. The summed E-state index contributed by atoms with van der Waals surface area (Å²) < 4.78 is 6.94. The maximum absolute atomic E-state index is 11.2. The van der Waals surface area contributed by atoms with Crippen molar-refractivity contribution in [3.05, 3.63) is 18.2 Å². The first-order valence-electron chi connectivity index (χ1n) is 4.79. The Morgan fingerprint density at radius 1 is 1.64 bits per heavy atom. The van der Waals surface area contributed by atoms with Gasteiger partial charge in [-0.3, -0.25) is 4.79 Å². The van der Waals surface area contributed by atoms with Crippen LogP contribution in [-0.4, -0.2) is 28.5 Å². The van der Waals surface area contributed by atoms with Gasteiger partial charge >= 0.3 is 0 Å². The van der Waals surface area contributed by atoms with Crippen LogP contribution in [0, 0.1) is 0 Å². The molecule has 1 heterocycles. The summed E-state index contributed by atoms with van der Waals surface area (Å²) in [5, 5.41) is 0. The molecule has 0 spiro atoms. The number of carbonyl (C=O) groups is 1. The van der Waals surface area contributed by atoms with Crippen molar-refractivity contribution >= 4 is 5.78 Å². The van der Waals surface area contributed by atoms with Gasteiger partial charge in [0.2, 0.25) is 0 Å². The highest BCUT2D eigenvalue weighted by Crippen LogP contribution is 1.99. The topological polar surface area (TPSA) is 44.1 Å². The molecule has 0 radical (unpaired) electrons. The average molecular weight is 196 g/mol. The van der Waals surface area contributed by atoms with Crippen LogP contribution in [0.15, 0.2) is 12.4 Å². The molecule has 0 saturated carbocycles. The first-order chi connectivity index (χ1) is 6.74. The number of ether oxygens (including phenoxy) is 1. The van der Waals surface area contributed by atoms with E-state index in [2.05, 4.69) is 4.98 Å². The zero-order valence-electron chi connectivity index (χ0n) is 8.69. The van der Waals surface area contributed by atoms with Crippen LogP contribution in [0.4, 0.5) is 0 Å². The van der Waals surface area contributed by atoms with Crippen LogP contribution in [0.3, 0.4) is 0 Å². The van der Waals surface area contributed by atoms with Crippen molar-refractivity contribution < 1.29 is 9.53 Å². The van der Waals surface area contributed by atoms with Crippen molar-refractivity contribution in [1.29, 1.82) is 0 Å². The fourth-order valence-corrected chi connectivity index (χ4v) is 1.18. The highest BCUT2D eigenvalue weighted by Gasteiger charge is 2.04. The minimum absolute atomic E-state index is 0.134. The van der Waals surface area contributed by atoms with Gasteiger partial charge in [0.05, 0.1) is 0 Å². The maximum Gasteiger partial charge on any atom is 0.158 e. The third-order valence-corrected chi connectivity index (χ3v) is 2.02. The Labute approximate surface area is 83.9 Å². The summed E-state index contributed by atoms with van der Waals surface area (Å²) in [6, 6.07) is 0. The monoisotopic (exact) mass is 196 g/mol. The van der Waals surface area contributed by atoms with Gasteiger partial charge in [0.15, 0.2) is 5.78 Å². The van der Waals surface area contributed by atoms with E-state index in [0.717, 1.165) is 5.82 Å². The average Bonchev–Trinajstić information content (AvgIpc) is 2.58. The highest BCUT2D eigenvalue weighted by atomic mass is 16.5. The lowest BCUT2D eigenvalue weighted by molar-refractivity contribution is -0.123. The van der Waals surface area contributed by atoms with Gasteiger partial charge < -0.3 is 9.30 Å². The standard InChI is InChI=1S/C10H16N2O2/c1-3-14-8-9(13)4-5-10-11-6-7-12(10)2/h6-7H,3-5,8H2,1-2H3. The number of rotatable bonds is 6. The zero-order valence-corrected chi connectivity index (χ0v) is 8.69. The van der Waals surface area contributed by atoms with Crippen LogP contribution in [0.25, 0.3) is 0 Å². The lowest BCUT2D eigenvalue weighted by Crippen LogP contribution is -2.10. The predicted octanol–water partition coefficient (Wildman–Crippen LogP) is 0.958. The van der Waals surface area contributed by atoms with E-state index in [4.69, 9.17) is 4.74 Å². The van der Waals surface area contributed by atoms with Crippen molar-refractivity contribution in [3.8, 4) is 0 Å². The molecule has 0 fully saturated rings.